The van der Waals surface area contributed by atoms with Crippen LogP contribution in [0.15, 0.2) is 26.8 Å². The van der Waals surface area contributed by atoms with Crippen molar-refractivity contribution in [2.75, 3.05) is 5.43 Å². The van der Waals surface area contributed by atoms with Crippen molar-refractivity contribution in [2.45, 2.75) is 26.9 Å². The third-order valence-electron chi connectivity index (χ3n) is 3.49. The molecule has 2 aromatic heterocycles. The number of aryl methyl sites for hydroxylation is 1. The fraction of sp³-hybridized carbons (Fsp3) is 0.385. The summed E-state index contributed by atoms with van der Waals surface area (Å²) in [6, 6.07) is 0. The first-order chi connectivity index (χ1) is 10.0. The van der Waals surface area contributed by atoms with E-state index in [0.29, 0.717) is 23.7 Å². The fourth-order valence-corrected chi connectivity index (χ4v) is 2.39. The van der Waals surface area contributed by atoms with Crippen molar-refractivity contribution in [3.8, 4) is 0 Å². The highest BCUT2D eigenvalue weighted by Crippen LogP contribution is 2.18. The molecule has 1 N–H and O–H groups in total. The third-order valence-corrected chi connectivity index (χ3v) is 3.49. The number of nitrogens with zero attached hydrogens (tertiary/aromatic N) is 5. The molecular weight excluding hydrogens is 272 g/mol. The lowest BCUT2D eigenvalue weighted by atomic mass is 10.4. The number of anilines is 1. The number of rotatable bonds is 2. The van der Waals surface area contributed by atoms with Gasteiger partial charge in [0, 0.05) is 13.6 Å². The average Bonchev–Trinajstić information content (AvgIpc) is 2.84. The molecule has 0 saturated carbocycles. The SMILES string of the molecule is C/C=C/Cn1c(=O)c2c(nc3n2CC(C)=NN3)n(C)c1=O. The summed E-state index contributed by atoms with van der Waals surface area (Å²) in [7, 11) is 1.61. The Morgan fingerprint density at radius 3 is 2.86 bits per heavy atom. The van der Waals surface area contributed by atoms with Crippen LogP contribution in [0.1, 0.15) is 13.8 Å². The Morgan fingerprint density at radius 1 is 1.38 bits per heavy atom. The van der Waals surface area contributed by atoms with Crippen LogP contribution in [-0.4, -0.2) is 24.4 Å². The lowest BCUT2D eigenvalue weighted by molar-refractivity contribution is 0.663. The molecule has 21 heavy (non-hydrogen) atoms. The summed E-state index contributed by atoms with van der Waals surface area (Å²) < 4.78 is 4.35. The van der Waals surface area contributed by atoms with Crippen molar-refractivity contribution in [1.29, 1.82) is 0 Å². The van der Waals surface area contributed by atoms with E-state index in [1.54, 1.807) is 23.8 Å². The number of fused-ring (bicyclic) bond motifs is 3. The molecule has 0 unspecified atom stereocenters. The van der Waals surface area contributed by atoms with Crippen molar-refractivity contribution >= 4 is 22.8 Å². The molecule has 3 heterocycles. The number of hydrazone groups is 1. The molecule has 0 fully saturated rings. The molecule has 0 atom stereocenters. The molecule has 0 aromatic carbocycles. The van der Waals surface area contributed by atoms with E-state index in [1.807, 2.05) is 13.8 Å². The van der Waals surface area contributed by atoms with Crippen molar-refractivity contribution in [3.05, 3.63) is 33.0 Å². The molecule has 3 rings (SSSR count). The van der Waals surface area contributed by atoms with Crippen LogP contribution in [0.5, 0.6) is 0 Å². The van der Waals surface area contributed by atoms with Crippen molar-refractivity contribution in [3.63, 3.8) is 0 Å². The maximum absolute atomic E-state index is 12.6. The van der Waals surface area contributed by atoms with E-state index < -0.39 is 0 Å². The maximum Gasteiger partial charge on any atom is 0.332 e. The lowest BCUT2D eigenvalue weighted by Crippen LogP contribution is -2.39. The number of allylic oxidation sites excluding steroid dienone is 2. The summed E-state index contributed by atoms with van der Waals surface area (Å²) in [5.74, 6) is 0.478. The largest absolute Gasteiger partial charge is 0.332 e. The number of hydrogen-bond donors (Lipinski definition) is 1. The van der Waals surface area contributed by atoms with E-state index >= 15 is 0 Å². The highest BCUT2D eigenvalue weighted by molar-refractivity contribution is 5.87. The van der Waals surface area contributed by atoms with Gasteiger partial charge in [0.2, 0.25) is 5.95 Å². The molecule has 0 saturated heterocycles. The van der Waals surface area contributed by atoms with Crippen LogP contribution in [0.2, 0.25) is 0 Å². The fourth-order valence-electron chi connectivity index (χ4n) is 2.39. The maximum atomic E-state index is 12.6. The van der Waals surface area contributed by atoms with E-state index in [-0.39, 0.29) is 17.8 Å². The van der Waals surface area contributed by atoms with Gasteiger partial charge in [0.05, 0.1) is 12.3 Å². The van der Waals surface area contributed by atoms with E-state index in [9.17, 15) is 9.59 Å². The molecule has 8 nitrogen and oxygen atoms in total. The second-order valence-electron chi connectivity index (χ2n) is 4.98. The average molecular weight is 288 g/mol. The Bertz CT molecular complexity index is 896. The van der Waals surface area contributed by atoms with E-state index in [4.69, 9.17) is 0 Å². The monoisotopic (exact) mass is 288 g/mol. The predicted octanol–water partition coefficient (Wildman–Crippen LogP) is 0.274. The molecule has 0 aliphatic carbocycles. The standard InChI is InChI=1S/C13H16N6O2/c1-4-5-6-18-11(20)9-10(17(3)13(18)21)14-12-16-15-8(2)7-19(9)12/h4-5H,6-7H2,1-3H3,(H,14,16)/b5-4+. The smallest absolute Gasteiger partial charge is 0.297 e. The molecule has 8 heteroatoms. The minimum Gasteiger partial charge on any atom is -0.297 e. The Morgan fingerprint density at radius 2 is 2.14 bits per heavy atom. The van der Waals surface area contributed by atoms with Gasteiger partial charge in [-0.2, -0.15) is 10.1 Å². The Kier molecular flexibility index (Phi) is 3.00. The molecule has 110 valence electrons. The van der Waals surface area contributed by atoms with Crippen molar-refractivity contribution in [1.82, 2.24) is 18.7 Å². The Balaban J connectivity index is 2.37. The zero-order valence-corrected chi connectivity index (χ0v) is 12.1. The summed E-state index contributed by atoms with van der Waals surface area (Å²) >= 11 is 0. The van der Waals surface area contributed by atoms with Gasteiger partial charge in [0.15, 0.2) is 11.2 Å². The highest BCUT2D eigenvalue weighted by Gasteiger charge is 2.21. The van der Waals surface area contributed by atoms with Crippen LogP contribution in [0.25, 0.3) is 11.2 Å². The van der Waals surface area contributed by atoms with Gasteiger partial charge in [0.25, 0.3) is 5.56 Å². The highest BCUT2D eigenvalue weighted by atomic mass is 16.2. The second-order valence-corrected chi connectivity index (χ2v) is 4.98. The summed E-state index contributed by atoms with van der Waals surface area (Å²) in [5, 5.41) is 4.10. The number of imidazole rings is 1. The quantitative estimate of drug-likeness (QED) is 0.804. The van der Waals surface area contributed by atoms with Crippen LogP contribution in [0.3, 0.4) is 0 Å². The summed E-state index contributed by atoms with van der Waals surface area (Å²) in [5.41, 5.74) is 3.72. The third kappa shape index (κ3) is 1.91. The van der Waals surface area contributed by atoms with Gasteiger partial charge >= 0.3 is 5.69 Å². The zero-order chi connectivity index (χ0) is 15.1. The normalized spacial score (nSPS) is 14.3. The van der Waals surface area contributed by atoms with Gasteiger partial charge in [-0.15, -0.1) is 0 Å². The van der Waals surface area contributed by atoms with Crippen LogP contribution in [0, 0.1) is 0 Å². The number of nitrogens with one attached hydrogen (secondary N) is 1. The van der Waals surface area contributed by atoms with E-state index in [0.717, 1.165) is 5.71 Å². The van der Waals surface area contributed by atoms with Gasteiger partial charge in [-0.25, -0.2) is 10.2 Å². The first-order valence-corrected chi connectivity index (χ1v) is 6.65. The molecule has 2 aromatic rings. The predicted molar refractivity (Wildman–Crippen MR) is 80.8 cm³/mol. The molecule has 1 aliphatic heterocycles. The van der Waals surface area contributed by atoms with E-state index in [1.165, 1.54) is 9.13 Å². The molecular formula is C13H16N6O2. The molecule has 1 aliphatic rings. The molecule has 0 amide bonds. The summed E-state index contributed by atoms with van der Waals surface area (Å²) in [6.45, 7) is 4.44. The van der Waals surface area contributed by atoms with Crippen molar-refractivity contribution in [2.24, 2.45) is 12.1 Å². The topological polar surface area (TPSA) is 86.2 Å². The molecule has 0 bridgehead atoms. The first kappa shape index (κ1) is 13.3. The van der Waals surface area contributed by atoms with Crippen LogP contribution < -0.4 is 16.7 Å². The lowest BCUT2D eigenvalue weighted by Gasteiger charge is -2.13. The van der Waals surface area contributed by atoms with E-state index in [2.05, 4.69) is 15.5 Å². The molecule has 0 radical (unpaired) electrons. The Labute approximate surface area is 120 Å². The van der Waals surface area contributed by atoms with Gasteiger partial charge in [-0.3, -0.25) is 18.5 Å². The number of hydrogen-bond acceptors (Lipinski definition) is 5. The Hall–Kier alpha value is -2.64. The van der Waals surface area contributed by atoms with Crippen LogP contribution in [0.4, 0.5) is 5.95 Å². The second kappa shape index (κ2) is 4.72. The minimum atomic E-state index is -0.376. The molecule has 0 spiro atoms. The number of aromatic nitrogens is 4. The zero-order valence-electron chi connectivity index (χ0n) is 12.1. The van der Waals surface area contributed by atoms with Crippen LogP contribution >= 0.6 is 0 Å². The first-order valence-electron chi connectivity index (χ1n) is 6.65. The summed E-state index contributed by atoms with van der Waals surface area (Å²) in [4.78, 5) is 29.2. The summed E-state index contributed by atoms with van der Waals surface area (Å²) in [6.07, 6.45) is 3.58. The van der Waals surface area contributed by atoms with Gasteiger partial charge in [0.1, 0.15) is 0 Å². The van der Waals surface area contributed by atoms with Gasteiger partial charge < -0.3 is 0 Å². The van der Waals surface area contributed by atoms with Gasteiger partial charge in [-0.1, -0.05) is 12.2 Å². The minimum absolute atomic E-state index is 0.249. The van der Waals surface area contributed by atoms with Gasteiger partial charge in [-0.05, 0) is 13.8 Å². The van der Waals surface area contributed by atoms with Crippen molar-refractivity contribution < 1.29 is 0 Å². The van der Waals surface area contributed by atoms with Crippen LogP contribution in [-0.2, 0) is 20.1 Å².